The highest BCUT2D eigenvalue weighted by Crippen LogP contribution is 2.27. The van der Waals surface area contributed by atoms with E-state index < -0.39 is 0 Å². The molecule has 0 radical (unpaired) electrons. The fourth-order valence-electron chi connectivity index (χ4n) is 1.96. The molecule has 25 heavy (non-hydrogen) atoms. The summed E-state index contributed by atoms with van der Waals surface area (Å²) in [6.07, 6.45) is 1.53. The second-order valence-electron chi connectivity index (χ2n) is 5.04. The lowest BCUT2D eigenvalue weighted by atomic mass is 10.2. The number of nitrogens with zero attached hydrogens (tertiary/aromatic N) is 2. The number of carbonyl (C=O) groups excluding carboxylic acids is 1. The lowest BCUT2D eigenvalue weighted by Crippen LogP contribution is -2.19. The van der Waals surface area contributed by atoms with Crippen molar-refractivity contribution >= 4 is 35.2 Å². The number of hydrogen-bond acceptors (Lipinski definition) is 6. The molecule has 7 heteroatoms. The molecule has 0 saturated carbocycles. The van der Waals surface area contributed by atoms with Crippen molar-refractivity contribution < 1.29 is 9.90 Å². The maximum absolute atomic E-state index is 11.8. The van der Waals surface area contributed by atoms with E-state index in [-0.39, 0.29) is 17.4 Å². The highest BCUT2D eigenvalue weighted by molar-refractivity contribution is 8.01. The molecular formula is C18H15N3O2S2. The first-order valence-corrected chi connectivity index (χ1v) is 9.32. The average molecular weight is 369 g/mol. The molecule has 0 bridgehead atoms. The van der Waals surface area contributed by atoms with Gasteiger partial charge in [-0.15, -0.1) is 11.3 Å². The SMILES string of the molecule is O=C(CSc1nc(-c2ccccc2)cs1)N/N=C/c1ccc(O)cc1. The van der Waals surface area contributed by atoms with Crippen molar-refractivity contribution in [2.45, 2.75) is 4.34 Å². The van der Waals surface area contributed by atoms with E-state index in [4.69, 9.17) is 0 Å². The number of hydrazone groups is 1. The lowest BCUT2D eigenvalue weighted by Gasteiger charge is -1.98. The fraction of sp³-hybridized carbons (Fsp3) is 0.0556. The minimum Gasteiger partial charge on any atom is -0.508 e. The van der Waals surface area contributed by atoms with Gasteiger partial charge in [-0.25, -0.2) is 10.4 Å². The van der Waals surface area contributed by atoms with Gasteiger partial charge in [0.05, 0.1) is 17.7 Å². The van der Waals surface area contributed by atoms with Gasteiger partial charge in [0.2, 0.25) is 0 Å². The van der Waals surface area contributed by atoms with Crippen LogP contribution in [0.4, 0.5) is 0 Å². The van der Waals surface area contributed by atoms with Gasteiger partial charge in [-0.1, -0.05) is 42.1 Å². The Morgan fingerprint density at radius 1 is 1.20 bits per heavy atom. The van der Waals surface area contributed by atoms with Crippen molar-refractivity contribution in [3.05, 3.63) is 65.5 Å². The van der Waals surface area contributed by atoms with Crippen LogP contribution in [0.5, 0.6) is 5.75 Å². The number of aromatic hydroxyl groups is 1. The van der Waals surface area contributed by atoms with Gasteiger partial charge < -0.3 is 5.11 Å². The van der Waals surface area contributed by atoms with Gasteiger partial charge in [0.1, 0.15) is 5.75 Å². The summed E-state index contributed by atoms with van der Waals surface area (Å²) in [5, 5.41) is 15.1. The molecule has 5 nitrogen and oxygen atoms in total. The number of thiazole rings is 1. The van der Waals surface area contributed by atoms with Crippen LogP contribution in [-0.4, -0.2) is 28.0 Å². The number of aromatic nitrogens is 1. The number of phenolic OH excluding ortho intramolecular Hbond substituents is 1. The number of carbonyl (C=O) groups is 1. The molecule has 0 saturated heterocycles. The third kappa shape index (κ3) is 5.17. The molecule has 1 aromatic heterocycles. The van der Waals surface area contributed by atoms with Crippen molar-refractivity contribution in [1.29, 1.82) is 0 Å². The summed E-state index contributed by atoms with van der Waals surface area (Å²) in [5.41, 5.74) is 5.25. The number of benzene rings is 2. The molecule has 3 rings (SSSR count). The molecule has 3 aromatic rings. The molecule has 0 fully saturated rings. The van der Waals surface area contributed by atoms with Crippen LogP contribution >= 0.6 is 23.1 Å². The van der Waals surface area contributed by atoms with Gasteiger partial charge in [-0.3, -0.25) is 4.79 Å². The quantitative estimate of drug-likeness (QED) is 0.394. The highest BCUT2D eigenvalue weighted by Gasteiger charge is 2.07. The van der Waals surface area contributed by atoms with Crippen LogP contribution in [0.25, 0.3) is 11.3 Å². The van der Waals surface area contributed by atoms with E-state index in [0.29, 0.717) is 0 Å². The average Bonchev–Trinajstić information content (AvgIpc) is 3.11. The number of nitrogens with one attached hydrogen (secondary N) is 1. The summed E-state index contributed by atoms with van der Waals surface area (Å²) in [4.78, 5) is 16.4. The molecule has 126 valence electrons. The molecule has 0 unspecified atom stereocenters. The van der Waals surface area contributed by atoms with Crippen LogP contribution in [0, 0.1) is 0 Å². The summed E-state index contributed by atoms with van der Waals surface area (Å²) in [6, 6.07) is 16.5. The number of thioether (sulfide) groups is 1. The molecular weight excluding hydrogens is 354 g/mol. The zero-order valence-electron chi connectivity index (χ0n) is 13.1. The first-order valence-electron chi connectivity index (χ1n) is 7.45. The monoisotopic (exact) mass is 369 g/mol. The predicted molar refractivity (Wildman–Crippen MR) is 102 cm³/mol. The standard InChI is InChI=1S/C18H15N3O2S2/c22-15-8-6-13(7-9-15)10-19-21-17(23)12-25-18-20-16(11-24-18)14-4-2-1-3-5-14/h1-11,22H,12H2,(H,21,23)/b19-10+. The molecule has 1 heterocycles. The van der Waals surface area contributed by atoms with Crippen LogP contribution in [0.3, 0.4) is 0 Å². The van der Waals surface area contributed by atoms with E-state index in [2.05, 4.69) is 15.5 Å². The number of hydrogen-bond donors (Lipinski definition) is 2. The largest absolute Gasteiger partial charge is 0.508 e. The third-order valence-corrected chi connectivity index (χ3v) is 5.20. The highest BCUT2D eigenvalue weighted by atomic mass is 32.2. The molecule has 0 aliphatic carbocycles. The van der Waals surface area contributed by atoms with Gasteiger partial charge in [0.15, 0.2) is 4.34 Å². The third-order valence-electron chi connectivity index (χ3n) is 3.18. The Labute approximate surface area is 153 Å². The first kappa shape index (κ1) is 17.2. The lowest BCUT2D eigenvalue weighted by molar-refractivity contribution is -0.118. The van der Waals surface area contributed by atoms with Crippen LogP contribution in [0.15, 0.2) is 69.4 Å². The Kier molecular flexibility index (Phi) is 5.81. The normalized spacial score (nSPS) is 10.9. The Morgan fingerprint density at radius 2 is 1.96 bits per heavy atom. The van der Waals surface area contributed by atoms with E-state index in [1.807, 2.05) is 35.7 Å². The van der Waals surface area contributed by atoms with Gasteiger partial charge in [0, 0.05) is 10.9 Å². The molecule has 0 aliphatic heterocycles. The molecule has 0 spiro atoms. The van der Waals surface area contributed by atoms with Crippen LogP contribution in [0.1, 0.15) is 5.56 Å². The van der Waals surface area contributed by atoms with Crippen molar-refractivity contribution in [2.75, 3.05) is 5.75 Å². The van der Waals surface area contributed by atoms with Gasteiger partial charge in [-0.05, 0) is 29.8 Å². The topological polar surface area (TPSA) is 74.6 Å². The second kappa shape index (κ2) is 8.46. The zero-order chi connectivity index (χ0) is 17.5. The fourth-order valence-corrected chi connectivity index (χ4v) is 3.59. The van der Waals surface area contributed by atoms with Crippen molar-refractivity contribution in [3.63, 3.8) is 0 Å². The Hall–Kier alpha value is -2.64. The maximum Gasteiger partial charge on any atom is 0.250 e. The Bertz CT molecular complexity index is 862. The Morgan fingerprint density at radius 3 is 2.72 bits per heavy atom. The summed E-state index contributed by atoms with van der Waals surface area (Å²) < 4.78 is 0.844. The molecule has 2 N–H and O–H groups in total. The van der Waals surface area contributed by atoms with Gasteiger partial charge >= 0.3 is 0 Å². The number of phenols is 1. The van der Waals surface area contributed by atoms with Crippen LogP contribution in [0.2, 0.25) is 0 Å². The number of amides is 1. The van der Waals surface area contributed by atoms with E-state index in [0.717, 1.165) is 21.2 Å². The molecule has 2 aromatic carbocycles. The summed E-state index contributed by atoms with van der Waals surface area (Å²) in [6.45, 7) is 0. The van der Waals surface area contributed by atoms with Crippen molar-refractivity contribution in [2.24, 2.45) is 5.10 Å². The Balaban J connectivity index is 1.48. The molecule has 1 amide bonds. The van der Waals surface area contributed by atoms with Crippen molar-refractivity contribution in [1.82, 2.24) is 10.4 Å². The predicted octanol–water partition coefficient (Wildman–Crippen LogP) is 3.76. The molecule has 0 atom stereocenters. The van der Waals surface area contributed by atoms with E-state index in [1.165, 1.54) is 29.3 Å². The first-order chi connectivity index (χ1) is 12.2. The van der Waals surface area contributed by atoms with Crippen LogP contribution in [-0.2, 0) is 4.79 Å². The maximum atomic E-state index is 11.8. The van der Waals surface area contributed by atoms with Crippen molar-refractivity contribution in [3.8, 4) is 17.0 Å². The minimum absolute atomic E-state index is 0.191. The van der Waals surface area contributed by atoms with Crippen LogP contribution < -0.4 is 5.43 Å². The van der Waals surface area contributed by atoms with E-state index in [1.54, 1.807) is 24.3 Å². The minimum atomic E-state index is -0.198. The smallest absolute Gasteiger partial charge is 0.250 e. The van der Waals surface area contributed by atoms with Gasteiger partial charge in [-0.2, -0.15) is 5.10 Å². The van der Waals surface area contributed by atoms with E-state index >= 15 is 0 Å². The van der Waals surface area contributed by atoms with E-state index in [9.17, 15) is 9.90 Å². The molecule has 0 aliphatic rings. The summed E-state index contributed by atoms with van der Waals surface area (Å²) in [5.74, 6) is 0.238. The zero-order valence-corrected chi connectivity index (χ0v) is 14.8. The second-order valence-corrected chi connectivity index (χ2v) is 7.12. The van der Waals surface area contributed by atoms with Gasteiger partial charge in [0.25, 0.3) is 5.91 Å². The summed E-state index contributed by atoms with van der Waals surface area (Å²) >= 11 is 2.90. The summed E-state index contributed by atoms with van der Waals surface area (Å²) in [7, 11) is 0. The number of rotatable bonds is 6.